The molecule has 5 nitrogen and oxygen atoms in total. The van der Waals surface area contributed by atoms with Gasteiger partial charge in [0.05, 0.1) is 6.54 Å². The molecule has 0 saturated carbocycles. The van der Waals surface area contributed by atoms with Gasteiger partial charge in [-0.25, -0.2) is 8.78 Å². The van der Waals surface area contributed by atoms with Gasteiger partial charge in [-0.2, -0.15) is 4.98 Å². The van der Waals surface area contributed by atoms with Gasteiger partial charge in [-0.1, -0.05) is 11.2 Å². The van der Waals surface area contributed by atoms with Crippen molar-refractivity contribution >= 4 is 5.91 Å². The number of benzene rings is 1. The minimum Gasteiger partial charge on any atom is -0.339 e. The van der Waals surface area contributed by atoms with Gasteiger partial charge in [0.25, 0.3) is 0 Å². The van der Waals surface area contributed by atoms with Crippen LogP contribution in [0.5, 0.6) is 0 Å². The first-order valence-corrected chi connectivity index (χ1v) is 7.51. The highest BCUT2D eigenvalue weighted by atomic mass is 19.1. The SMILES string of the molecule is CCN(Cc1c(F)cccc1F)C(=O)CCCc1nc(C)no1. The van der Waals surface area contributed by atoms with Crippen LogP contribution < -0.4 is 0 Å². The van der Waals surface area contributed by atoms with Crippen molar-refractivity contribution in [2.24, 2.45) is 0 Å². The number of halogens is 2. The maximum atomic E-state index is 13.7. The van der Waals surface area contributed by atoms with Crippen LogP contribution in [0.3, 0.4) is 0 Å². The molecule has 0 aliphatic heterocycles. The first-order valence-electron chi connectivity index (χ1n) is 7.51. The molecule has 0 saturated heterocycles. The van der Waals surface area contributed by atoms with Crippen LogP contribution in [0, 0.1) is 18.6 Å². The molecule has 0 atom stereocenters. The Kier molecular flexibility index (Phi) is 5.78. The molecule has 0 unspecified atom stereocenters. The van der Waals surface area contributed by atoms with Crippen LogP contribution in [0.1, 0.15) is 37.0 Å². The maximum absolute atomic E-state index is 13.7. The number of aromatic nitrogens is 2. The van der Waals surface area contributed by atoms with Crippen molar-refractivity contribution in [3.05, 3.63) is 47.1 Å². The summed E-state index contributed by atoms with van der Waals surface area (Å²) in [6.07, 6.45) is 1.29. The Morgan fingerprint density at radius 1 is 1.30 bits per heavy atom. The highest BCUT2D eigenvalue weighted by Crippen LogP contribution is 2.15. The summed E-state index contributed by atoms with van der Waals surface area (Å²) in [7, 11) is 0. The average Bonchev–Trinajstić information content (AvgIpc) is 2.92. The van der Waals surface area contributed by atoms with Crippen molar-refractivity contribution in [1.82, 2.24) is 15.0 Å². The minimum absolute atomic E-state index is 0.0759. The third kappa shape index (κ3) is 4.58. The van der Waals surface area contributed by atoms with Crippen molar-refractivity contribution in [3.8, 4) is 0 Å². The Bertz CT molecular complexity index is 653. The zero-order valence-corrected chi connectivity index (χ0v) is 13.2. The standard InChI is InChI=1S/C16H19F2N3O2/c1-3-21(10-12-13(17)6-4-7-14(12)18)16(22)9-5-8-15-19-11(2)20-23-15/h4,6-7H,3,5,8-10H2,1-2H3. The second-order valence-electron chi connectivity index (χ2n) is 5.20. The Morgan fingerprint density at radius 2 is 2.00 bits per heavy atom. The van der Waals surface area contributed by atoms with Gasteiger partial charge in [0, 0.05) is 24.9 Å². The summed E-state index contributed by atoms with van der Waals surface area (Å²) in [5, 5.41) is 3.68. The molecular weight excluding hydrogens is 304 g/mol. The largest absolute Gasteiger partial charge is 0.339 e. The lowest BCUT2D eigenvalue weighted by atomic mass is 10.1. The number of amides is 1. The molecule has 2 aromatic rings. The number of nitrogens with zero attached hydrogens (tertiary/aromatic N) is 3. The van der Waals surface area contributed by atoms with Gasteiger partial charge in [-0.3, -0.25) is 4.79 Å². The van der Waals surface area contributed by atoms with E-state index < -0.39 is 11.6 Å². The van der Waals surface area contributed by atoms with E-state index in [9.17, 15) is 13.6 Å². The molecule has 0 N–H and O–H groups in total. The minimum atomic E-state index is -0.641. The van der Waals surface area contributed by atoms with Gasteiger partial charge >= 0.3 is 0 Å². The van der Waals surface area contributed by atoms with Crippen molar-refractivity contribution in [2.75, 3.05) is 6.54 Å². The summed E-state index contributed by atoms with van der Waals surface area (Å²) < 4.78 is 32.3. The van der Waals surface area contributed by atoms with E-state index in [1.54, 1.807) is 13.8 Å². The fourth-order valence-electron chi connectivity index (χ4n) is 2.24. The third-order valence-corrected chi connectivity index (χ3v) is 3.50. The van der Waals surface area contributed by atoms with Gasteiger partial charge in [-0.05, 0) is 32.4 Å². The molecule has 1 aromatic heterocycles. The molecule has 0 radical (unpaired) electrons. The van der Waals surface area contributed by atoms with Gasteiger partial charge < -0.3 is 9.42 Å². The molecule has 0 fully saturated rings. The van der Waals surface area contributed by atoms with E-state index in [0.29, 0.717) is 31.1 Å². The summed E-state index contributed by atoms with van der Waals surface area (Å²) >= 11 is 0. The molecule has 1 heterocycles. The predicted molar refractivity (Wildman–Crippen MR) is 79.4 cm³/mol. The predicted octanol–water partition coefficient (Wildman–Crippen LogP) is 3.03. The van der Waals surface area contributed by atoms with Gasteiger partial charge in [0.2, 0.25) is 11.8 Å². The Labute approximate surface area is 133 Å². The van der Waals surface area contributed by atoms with E-state index in [2.05, 4.69) is 10.1 Å². The van der Waals surface area contributed by atoms with E-state index in [1.165, 1.54) is 23.1 Å². The first-order chi connectivity index (χ1) is 11.0. The zero-order valence-electron chi connectivity index (χ0n) is 13.2. The van der Waals surface area contributed by atoms with Crippen molar-refractivity contribution in [1.29, 1.82) is 0 Å². The van der Waals surface area contributed by atoms with Crippen LogP contribution in [-0.2, 0) is 17.8 Å². The lowest BCUT2D eigenvalue weighted by molar-refractivity contribution is -0.131. The number of carbonyl (C=O) groups excluding carboxylic acids is 1. The second-order valence-corrected chi connectivity index (χ2v) is 5.20. The van der Waals surface area contributed by atoms with Crippen LogP contribution in [0.15, 0.2) is 22.7 Å². The number of hydrogen-bond acceptors (Lipinski definition) is 4. The highest BCUT2D eigenvalue weighted by molar-refractivity contribution is 5.76. The van der Waals surface area contributed by atoms with Crippen LogP contribution in [0.25, 0.3) is 0 Å². The van der Waals surface area contributed by atoms with Crippen LogP contribution in [0.2, 0.25) is 0 Å². The Balaban J connectivity index is 1.90. The molecule has 0 bridgehead atoms. The van der Waals surface area contributed by atoms with E-state index in [0.717, 1.165) is 0 Å². The average molecular weight is 323 g/mol. The fourth-order valence-corrected chi connectivity index (χ4v) is 2.24. The summed E-state index contributed by atoms with van der Waals surface area (Å²) in [5.74, 6) is -0.406. The van der Waals surface area contributed by atoms with E-state index in [-0.39, 0.29) is 24.4 Å². The summed E-state index contributed by atoms with van der Waals surface area (Å²) in [4.78, 5) is 17.7. The van der Waals surface area contributed by atoms with Crippen molar-refractivity contribution < 1.29 is 18.1 Å². The Morgan fingerprint density at radius 3 is 2.57 bits per heavy atom. The normalized spacial score (nSPS) is 10.8. The lowest BCUT2D eigenvalue weighted by Gasteiger charge is -2.21. The second kappa shape index (κ2) is 7.80. The van der Waals surface area contributed by atoms with Crippen LogP contribution in [0.4, 0.5) is 8.78 Å². The first kappa shape index (κ1) is 17.1. The quantitative estimate of drug-likeness (QED) is 0.786. The summed E-state index contributed by atoms with van der Waals surface area (Å²) in [6.45, 7) is 3.80. The van der Waals surface area contributed by atoms with E-state index in [4.69, 9.17) is 4.52 Å². The van der Waals surface area contributed by atoms with E-state index in [1.807, 2.05) is 0 Å². The number of aryl methyl sites for hydroxylation is 2. The summed E-state index contributed by atoms with van der Waals surface area (Å²) in [5.41, 5.74) is -0.0878. The molecule has 1 amide bonds. The van der Waals surface area contributed by atoms with Gasteiger partial charge in [0.1, 0.15) is 11.6 Å². The molecule has 1 aromatic carbocycles. The smallest absolute Gasteiger partial charge is 0.226 e. The molecule has 0 aliphatic carbocycles. The molecule has 23 heavy (non-hydrogen) atoms. The number of carbonyl (C=O) groups is 1. The topological polar surface area (TPSA) is 59.2 Å². The zero-order chi connectivity index (χ0) is 16.8. The van der Waals surface area contributed by atoms with Gasteiger partial charge in [0.15, 0.2) is 5.82 Å². The maximum Gasteiger partial charge on any atom is 0.226 e. The Hall–Kier alpha value is -2.31. The fraction of sp³-hybridized carbons (Fsp3) is 0.438. The molecule has 7 heteroatoms. The van der Waals surface area contributed by atoms with Gasteiger partial charge in [-0.15, -0.1) is 0 Å². The number of rotatable bonds is 7. The molecule has 124 valence electrons. The van der Waals surface area contributed by atoms with Crippen LogP contribution in [-0.4, -0.2) is 27.5 Å². The molecule has 2 rings (SSSR count). The lowest BCUT2D eigenvalue weighted by Crippen LogP contribution is -2.31. The van der Waals surface area contributed by atoms with Crippen molar-refractivity contribution in [2.45, 2.75) is 39.7 Å². The summed E-state index contributed by atoms with van der Waals surface area (Å²) in [6, 6.07) is 3.68. The highest BCUT2D eigenvalue weighted by Gasteiger charge is 2.17. The number of hydrogen-bond donors (Lipinski definition) is 0. The van der Waals surface area contributed by atoms with Crippen molar-refractivity contribution in [3.63, 3.8) is 0 Å². The molecule has 0 spiro atoms. The molecular formula is C16H19F2N3O2. The van der Waals surface area contributed by atoms with E-state index >= 15 is 0 Å². The monoisotopic (exact) mass is 323 g/mol. The molecule has 0 aliphatic rings. The third-order valence-electron chi connectivity index (χ3n) is 3.50. The van der Waals surface area contributed by atoms with Crippen LogP contribution >= 0.6 is 0 Å².